The maximum Gasteiger partial charge on any atom is 0.273 e. The summed E-state index contributed by atoms with van der Waals surface area (Å²) in [5.74, 6) is -0.587. The molecule has 0 saturated carbocycles. The molecule has 7 heteroatoms. The maximum atomic E-state index is 15.3. The molecule has 0 radical (unpaired) electrons. The zero-order valence-electron chi connectivity index (χ0n) is 19.2. The molecular formula is C26H27FN4O2. The number of nitrogens with zero attached hydrogens (tertiary/aromatic N) is 3. The van der Waals surface area contributed by atoms with Crippen LogP contribution in [0.3, 0.4) is 0 Å². The van der Waals surface area contributed by atoms with E-state index in [0.717, 1.165) is 11.1 Å². The number of pyridine rings is 1. The number of amides is 1. The number of carbonyl (C=O) groups is 1. The second kappa shape index (κ2) is 8.41. The first kappa shape index (κ1) is 22.6. The zero-order valence-corrected chi connectivity index (χ0v) is 19.2. The van der Waals surface area contributed by atoms with Crippen LogP contribution in [0.15, 0.2) is 47.6 Å². The molecule has 0 spiro atoms. The Morgan fingerprint density at radius 1 is 1.30 bits per heavy atom. The summed E-state index contributed by atoms with van der Waals surface area (Å²) < 4.78 is 15.3. The van der Waals surface area contributed by atoms with Gasteiger partial charge in [-0.2, -0.15) is 0 Å². The molecule has 2 heterocycles. The lowest BCUT2D eigenvalue weighted by Gasteiger charge is -2.23. The zero-order chi connectivity index (χ0) is 23.9. The molecule has 2 aromatic carbocycles. The first-order chi connectivity index (χ1) is 15.6. The minimum Gasteiger partial charge on any atom is -0.398 e. The maximum absolute atomic E-state index is 15.3. The normalized spacial score (nSPS) is 13.8. The summed E-state index contributed by atoms with van der Waals surface area (Å²) in [6, 6.07) is 10.6. The number of aliphatic hydroxyl groups is 1. The molecule has 0 fully saturated rings. The van der Waals surface area contributed by atoms with Gasteiger partial charge >= 0.3 is 0 Å². The van der Waals surface area contributed by atoms with E-state index in [0.29, 0.717) is 45.7 Å². The lowest BCUT2D eigenvalue weighted by atomic mass is 9.88. The van der Waals surface area contributed by atoms with Crippen LogP contribution in [0.4, 0.5) is 10.1 Å². The second-order valence-electron chi connectivity index (χ2n) is 8.86. The summed E-state index contributed by atoms with van der Waals surface area (Å²) in [5, 5.41) is 10.4. The van der Waals surface area contributed by atoms with Crippen molar-refractivity contribution in [3.05, 3.63) is 81.9 Å². The molecule has 4 rings (SSSR count). The molecule has 170 valence electrons. The van der Waals surface area contributed by atoms with Gasteiger partial charge in [-0.15, -0.1) is 0 Å². The molecule has 1 aliphatic rings. The summed E-state index contributed by atoms with van der Waals surface area (Å²) in [7, 11) is 1.63. The number of aliphatic imine (C=N–C) groups is 1. The molecule has 3 aromatic rings. The van der Waals surface area contributed by atoms with Gasteiger partial charge in [0.2, 0.25) is 0 Å². The number of hydrogen-bond donors (Lipinski definition) is 2. The van der Waals surface area contributed by atoms with Crippen LogP contribution in [0, 0.1) is 12.7 Å². The highest BCUT2D eigenvalue weighted by molar-refractivity contribution is 5.98. The van der Waals surface area contributed by atoms with Gasteiger partial charge in [0.1, 0.15) is 11.5 Å². The lowest BCUT2D eigenvalue weighted by molar-refractivity contribution is 0.0759. The van der Waals surface area contributed by atoms with Crippen molar-refractivity contribution in [2.24, 2.45) is 4.99 Å². The van der Waals surface area contributed by atoms with Crippen LogP contribution >= 0.6 is 0 Å². The number of hydrogen-bond acceptors (Lipinski definition) is 5. The molecule has 1 aromatic heterocycles. The van der Waals surface area contributed by atoms with Gasteiger partial charge in [-0.3, -0.25) is 14.8 Å². The number of anilines is 1. The van der Waals surface area contributed by atoms with E-state index in [1.54, 1.807) is 50.3 Å². The van der Waals surface area contributed by atoms with Crippen LogP contribution in [0.2, 0.25) is 0 Å². The molecule has 3 N–H and O–H groups in total. The molecule has 0 atom stereocenters. The van der Waals surface area contributed by atoms with Gasteiger partial charge in [0.05, 0.1) is 5.60 Å². The van der Waals surface area contributed by atoms with Gasteiger partial charge in [0.25, 0.3) is 5.91 Å². The number of rotatable bonds is 5. The van der Waals surface area contributed by atoms with Crippen molar-refractivity contribution >= 4 is 17.8 Å². The van der Waals surface area contributed by atoms with E-state index in [4.69, 9.17) is 5.73 Å². The third kappa shape index (κ3) is 4.12. The number of nitrogens with two attached hydrogens (primary N) is 1. The average molecular weight is 447 g/mol. The average Bonchev–Trinajstić information content (AvgIpc) is 3.07. The predicted octanol–water partition coefficient (Wildman–Crippen LogP) is 4.21. The first-order valence-electron chi connectivity index (χ1n) is 10.7. The van der Waals surface area contributed by atoms with Crippen LogP contribution in [0.1, 0.15) is 52.2 Å². The second-order valence-corrected chi connectivity index (χ2v) is 8.86. The van der Waals surface area contributed by atoms with E-state index in [9.17, 15) is 9.90 Å². The highest BCUT2D eigenvalue weighted by Gasteiger charge is 2.29. The Morgan fingerprint density at radius 2 is 2.06 bits per heavy atom. The van der Waals surface area contributed by atoms with Gasteiger partial charge in [-0.1, -0.05) is 24.3 Å². The summed E-state index contributed by atoms with van der Waals surface area (Å²) in [6.45, 7) is 5.73. The van der Waals surface area contributed by atoms with Crippen molar-refractivity contribution in [2.45, 2.75) is 39.5 Å². The van der Waals surface area contributed by atoms with Crippen molar-refractivity contribution in [1.29, 1.82) is 0 Å². The largest absolute Gasteiger partial charge is 0.398 e. The topological polar surface area (TPSA) is 91.8 Å². The van der Waals surface area contributed by atoms with Gasteiger partial charge < -0.3 is 15.7 Å². The van der Waals surface area contributed by atoms with Crippen LogP contribution in [-0.4, -0.2) is 34.2 Å². The number of aromatic nitrogens is 1. The first-order valence-corrected chi connectivity index (χ1v) is 10.7. The molecular weight excluding hydrogens is 419 g/mol. The predicted molar refractivity (Wildman–Crippen MR) is 128 cm³/mol. The van der Waals surface area contributed by atoms with Crippen LogP contribution in [-0.2, 0) is 18.7 Å². The van der Waals surface area contributed by atoms with E-state index in [1.165, 1.54) is 6.07 Å². The molecule has 0 bridgehead atoms. The standard InChI is InChI=1S/C26H27FN4O2/c1-15-10-17(18-7-8-21(26(2,3)33)23(28)19(18)12-29-4)11-22(27)20(15)14-31-13-16-6-5-9-30-24(16)25(31)32/h5-12,33H,13-14,28H2,1-4H3. The monoisotopic (exact) mass is 446 g/mol. The Morgan fingerprint density at radius 3 is 2.70 bits per heavy atom. The van der Waals surface area contributed by atoms with E-state index >= 15 is 4.39 Å². The van der Waals surface area contributed by atoms with Crippen molar-refractivity contribution in [1.82, 2.24) is 9.88 Å². The minimum atomic E-state index is -1.13. The number of aryl methyl sites for hydroxylation is 1. The summed E-state index contributed by atoms with van der Waals surface area (Å²) in [6.07, 6.45) is 3.21. The summed E-state index contributed by atoms with van der Waals surface area (Å²) in [5.41, 5.74) is 10.7. The number of halogens is 1. The van der Waals surface area contributed by atoms with E-state index in [1.807, 2.05) is 25.1 Å². The van der Waals surface area contributed by atoms with Crippen LogP contribution in [0.5, 0.6) is 0 Å². The van der Waals surface area contributed by atoms with Gasteiger partial charge in [0.15, 0.2) is 0 Å². The van der Waals surface area contributed by atoms with Crippen molar-refractivity contribution < 1.29 is 14.3 Å². The Kier molecular flexibility index (Phi) is 5.76. The lowest BCUT2D eigenvalue weighted by Crippen LogP contribution is -2.24. The minimum absolute atomic E-state index is 0.163. The number of fused-ring (bicyclic) bond motifs is 1. The molecule has 0 unspecified atom stereocenters. The Labute approximate surface area is 192 Å². The number of nitrogen functional groups attached to an aromatic ring is 1. The quantitative estimate of drug-likeness (QED) is 0.454. The van der Waals surface area contributed by atoms with E-state index in [-0.39, 0.29) is 12.5 Å². The molecule has 6 nitrogen and oxygen atoms in total. The van der Waals surface area contributed by atoms with Crippen LogP contribution in [0.25, 0.3) is 11.1 Å². The van der Waals surface area contributed by atoms with Gasteiger partial charge in [-0.25, -0.2) is 4.39 Å². The van der Waals surface area contributed by atoms with Crippen molar-refractivity contribution in [2.75, 3.05) is 12.8 Å². The number of carbonyl (C=O) groups excluding carboxylic acids is 1. The Hall–Kier alpha value is -3.58. The van der Waals surface area contributed by atoms with Crippen LogP contribution < -0.4 is 5.73 Å². The summed E-state index contributed by atoms with van der Waals surface area (Å²) in [4.78, 5) is 22.5. The van der Waals surface area contributed by atoms with Gasteiger partial charge in [-0.05, 0) is 49.6 Å². The highest BCUT2D eigenvalue weighted by atomic mass is 19.1. The smallest absolute Gasteiger partial charge is 0.273 e. The van der Waals surface area contributed by atoms with E-state index in [2.05, 4.69) is 9.98 Å². The fourth-order valence-electron chi connectivity index (χ4n) is 4.32. The third-order valence-corrected chi connectivity index (χ3v) is 6.03. The molecule has 1 aliphatic heterocycles. The molecule has 1 amide bonds. The SMILES string of the molecule is CN=Cc1c(-c2cc(C)c(CN3Cc4cccnc4C3=O)c(F)c2)ccc(C(C)(C)O)c1N. The summed E-state index contributed by atoms with van der Waals surface area (Å²) >= 11 is 0. The van der Waals surface area contributed by atoms with Crippen molar-refractivity contribution in [3.63, 3.8) is 0 Å². The Bertz CT molecular complexity index is 1250. The number of benzene rings is 2. The van der Waals surface area contributed by atoms with E-state index < -0.39 is 11.4 Å². The molecule has 0 aliphatic carbocycles. The molecule has 33 heavy (non-hydrogen) atoms. The Balaban J connectivity index is 1.71. The highest BCUT2D eigenvalue weighted by Crippen LogP contribution is 2.36. The van der Waals surface area contributed by atoms with Gasteiger partial charge in [0, 0.05) is 60.5 Å². The third-order valence-electron chi connectivity index (χ3n) is 6.03. The van der Waals surface area contributed by atoms with Crippen molar-refractivity contribution in [3.8, 4) is 11.1 Å². The fourth-order valence-corrected chi connectivity index (χ4v) is 4.32. The molecule has 0 saturated heterocycles. The fraction of sp³-hybridized carbons (Fsp3) is 0.269.